The molecule has 0 radical (unpaired) electrons. The summed E-state index contributed by atoms with van der Waals surface area (Å²) >= 11 is 1.86. The van der Waals surface area contributed by atoms with Crippen LogP contribution < -0.4 is 5.73 Å². The van der Waals surface area contributed by atoms with Crippen molar-refractivity contribution in [1.82, 2.24) is 0 Å². The summed E-state index contributed by atoms with van der Waals surface area (Å²) in [6.07, 6.45) is 4.77. The van der Waals surface area contributed by atoms with Crippen molar-refractivity contribution in [3.05, 3.63) is 30.3 Å². The van der Waals surface area contributed by atoms with Gasteiger partial charge in [0.05, 0.1) is 0 Å². The molecule has 0 spiro atoms. The van der Waals surface area contributed by atoms with Crippen molar-refractivity contribution in [2.24, 2.45) is 17.1 Å². The average molecular weight is 265 g/mol. The van der Waals surface area contributed by atoms with E-state index in [0.29, 0.717) is 6.54 Å². The summed E-state index contributed by atoms with van der Waals surface area (Å²) < 4.78 is 0. The number of thioether (sulfide) groups is 1. The van der Waals surface area contributed by atoms with Crippen LogP contribution in [0.4, 0.5) is 0 Å². The van der Waals surface area contributed by atoms with Crippen LogP contribution in [-0.2, 0) is 0 Å². The van der Waals surface area contributed by atoms with Crippen molar-refractivity contribution < 1.29 is 5.11 Å². The quantitative estimate of drug-likeness (QED) is 0.710. The molecule has 1 unspecified atom stereocenters. The zero-order valence-electron chi connectivity index (χ0n) is 10.8. The Bertz CT molecular complexity index is 347. The number of benzene rings is 1. The molecule has 1 saturated carbocycles. The molecule has 2 rings (SSSR count). The van der Waals surface area contributed by atoms with Crippen molar-refractivity contribution in [3.63, 3.8) is 0 Å². The van der Waals surface area contributed by atoms with Gasteiger partial charge in [0.1, 0.15) is 0 Å². The molecule has 3 heteroatoms. The Morgan fingerprint density at radius 1 is 1.28 bits per heavy atom. The smallest absolute Gasteiger partial charge is 0.0499 e. The number of aliphatic hydroxyl groups is 1. The second kappa shape index (κ2) is 6.60. The number of hydrogen-bond donors (Lipinski definition) is 2. The summed E-state index contributed by atoms with van der Waals surface area (Å²) in [4.78, 5) is 1.30. The Labute approximate surface area is 114 Å². The van der Waals surface area contributed by atoms with Gasteiger partial charge in [-0.05, 0) is 36.6 Å². The van der Waals surface area contributed by atoms with Gasteiger partial charge in [-0.3, -0.25) is 0 Å². The van der Waals surface area contributed by atoms with Gasteiger partial charge in [-0.1, -0.05) is 31.0 Å². The van der Waals surface area contributed by atoms with Gasteiger partial charge in [-0.2, -0.15) is 0 Å². The van der Waals surface area contributed by atoms with Crippen LogP contribution >= 0.6 is 11.8 Å². The first-order valence-electron chi connectivity index (χ1n) is 6.77. The lowest BCUT2D eigenvalue weighted by Gasteiger charge is -2.30. The molecule has 1 aromatic carbocycles. The third-order valence-electron chi connectivity index (χ3n) is 3.83. The lowest BCUT2D eigenvalue weighted by Crippen LogP contribution is -2.35. The van der Waals surface area contributed by atoms with E-state index in [9.17, 15) is 5.11 Å². The summed E-state index contributed by atoms with van der Waals surface area (Å²) in [6, 6.07) is 10.4. The van der Waals surface area contributed by atoms with Crippen LogP contribution in [0.25, 0.3) is 0 Å². The number of nitrogens with two attached hydrogens (primary N) is 1. The minimum Gasteiger partial charge on any atom is -0.396 e. The van der Waals surface area contributed by atoms with E-state index in [4.69, 9.17) is 5.73 Å². The summed E-state index contributed by atoms with van der Waals surface area (Å²) in [6.45, 7) is 0.838. The molecule has 18 heavy (non-hydrogen) atoms. The number of rotatable bonds is 8. The van der Waals surface area contributed by atoms with Crippen LogP contribution in [0.5, 0.6) is 0 Å². The monoisotopic (exact) mass is 265 g/mol. The Hall–Kier alpha value is -0.510. The van der Waals surface area contributed by atoms with E-state index >= 15 is 0 Å². The molecule has 0 aliphatic heterocycles. The second-order valence-electron chi connectivity index (χ2n) is 5.42. The van der Waals surface area contributed by atoms with Crippen LogP contribution in [0.2, 0.25) is 0 Å². The van der Waals surface area contributed by atoms with E-state index in [1.54, 1.807) is 0 Å². The Kier molecular flexibility index (Phi) is 5.10. The SMILES string of the molecule is NCC(CO)(CCSc1ccccc1)CC1CC1. The Morgan fingerprint density at radius 3 is 2.56 bits per heavy atom. The lowest BCUT2D eigenvalue weighted by atomic mass is 9.81. The van der Waals surface area contributed by atoms with Gasteiger partial charge in [0.2, 0.25) is 0 Å². The lowest BCUT2D eigenvalue weighted by molar-refractivity contribution is 0.113. The number of aliphatic hydroxyl groups excluding tert-OH is 1. The molecule has 0 amide bonds. The van der Waals surface area contributed by atoms with Gasteiger partial charge in [0.25, 0.3) is 0 Å². The van der Waals surface area contributed by atoms with Crippen molar-refractivity contribution in [1.29, 1.82) is 0 Å². The summed E-state index contributed by atoms with van der Waals surface area (Å²) in [5.74, 6) is 1.86. The highest BCUT2D eigenvalue weighted by molar-refractivity contribution is 7.99. The third-order valence-corrected chi connectivity index (χ3v) is 4.85. The Balaban J connectivity index is 1.81. The van der Waals surface area contributed by atoms with Gasteiger partial charge in [0, 0.05) is 23.5 Å². The third kappa shape index (κ3) is 4.01. The van der Waals surface area contributed by atoms with Crippen molar-refractivity contribution in [2.45, 2.75) is 30.6 Å². The molecular weight excluding hydrogens is 242 g/mol. The first kappa shape index (κ1) is 13.9. The summed E-state index contributed by atoms with van der Waals surface area (Å²) in [5, 5.41) is 9.66. The zero-order valence-corrected chi connectivity index (χ0v) is 11.7. The topological polar surface area (TPSA) is 46.2 Å². The molecule has 1 aromatic rings. The molecule has 1 aliphatic carbocycles. The normalized spacial score (nSPS) is 18.6. The van der Waals surface area contributed by atoms with Gasteiger partial charge in [0.15, 0.2) is 0 Å². The van der Waals surface area contributed by atoms with Crippen LogP contribution in [0.3, 0.4) is 0 Å². The maximum absolute atomic E-state index is 9.66. The first-order valence-corrected chi connectivity index (χ1v) is 7.75. The molecule has 2 nitrogen and oxygen atoms in total. The van der Waals surface area contributed by atoms with E-state index in [1.807, 2.05) is 17.8 Å². The molecule has 100 valence electrons. The molecular formula is C15H23NOS. The fourth-order valence-electron chi connectivity index (χ4n) is 2.33. The first-order chi connectivity index (χ1) is 8.78. The molecule has 1 atom stereocenters. The van der Waals surface area contributed by atoms with Crippen LogP contribution in [-0.4, -0.2) is 24.0 Å². The predicted molar refractivity (Wildman–Crippen MR) is 77.7 cm³/mol. The van der Waals surface area contributed by atoms with E-state index in [2.05, 4.69) is 24.3 Å². The number of hydrogen-bond acceptors (Lipinski definition) is 3. The van der Waals surface area contributed by atoms with Crippen molar-refractivity contribution >= 4 is 11.8 Å². The van der Waals surface area contributed by atoms with Gasteiger partial charge in [-0.15, -0.1) is 11.8 Å². The standard InChI is InChI=1S/C15H23NOS/c16-11-15(12-17,10-13-6-7-13)8-9-18-14-4-2-1-3-5-14/h1-5,13,17H,6-12,16H2. The minimum absolute atomic E-state index is 0.0387. The maximum atomic E-state index is 9.66. The highest BCUT2D eigenvalue weighted by atomic mass is 32.2. The van der Waals surface area contributed by atoms with Gasteiger partial charge >= 0.3 is 0 Å². The molecule has 0 saturated heterocycles. The molecule has 0 heterocycles. The van der Waals surface area contributed by atoms with Crippen LogP contribution in [0.15, 0.2) is 35.2 Å². The molecule has 0 aromatic heterocycles. The fourth-order valence-corrected chi connectivity index (χ4v) is 3.45. The van der Waals surface area contributed by atoms with Gasteiger partial charge < -0.3 is 10.8 Å². The molecule has 3 N–H and O–H groups in total. The summed E-state index contributed by atoms with van der Waals surface area (Å²) in [7, 11) is 0. The van der Waals surface area contributed by atoms with Crippen LogP contribution in [0.1, 0.15) is 25.7 Å². The largest absolute Gasteiger partial charge is 0.396 e. The predicted octanol–water partition coefficient (Wildman–Crippen LogP) is 2.91. The van der Waals surface area contributed by atoms with E-state index in [1.165, 1.54) is 17.7 Å². The van der Waals surface area contributed by atoms with E-state index < -0.39 is 0 Å². The van der Waals surface area contributed by atoms with Gasteiger partial charge in [-0.25, -0.2) is 0 Å². The van der Waals surface area contributed by atoms with E-state index in [-0.39, 0.29) is 12.0 Å². The van der Waals surface area contributed by atoms with E-state index in [0.717, 1.165) is 24.5 Å². The van der Waals surface area contributed by atoms with Crippen LogP contribution in [0, 0.1) is 11.3 Å². The zero-order chi connectivity index (χ0) is 12.8. The average Bonchev–Trinajstić information content (AvgIpc) is 3.23. The van der Waals surface area contributed by atoms with Crippen molar-refractivity contribution in [2.75, 3.05) is 18.9 Å². The highest BCUT2D eigenvalue weighted by Gasteiger charge is 2.35. The molecule has 1 fully saturated rings. The highest BCUT2D eigenvalue weighted by Crippen LogP contribution is 2.42. The van der Waals surface area contributed by atoms with Crippen molar-refractivity contribution in [3.8, 4) is 0 Å². The molecule has 0 bridgehead atoms. The fraction of sp³-hybridized carbons (Fsp3) is 0.600. The Morgan fingerprint density at radius 2 is 2.00 bits per heavy atom. The minimum atomic E-state index is -0.0387. The maximum Gasteiger partial charge on any atom is 0.0499 e. The second-order valence-corrected chi connectivity index (χ2v) is 6.59. The summed E-state index contributed by atoms with van der Waals surface area (Å²) in [5.41, 5.74) is 5.87. The molecule has 1 aliphatic rings.